The van der Waals surface area contributed by atoms with E-state index in [0.717, 1.165) is 5.70 Å². The first-order valence-corrected chi connectivity index (χ1v) is 10.9. The van der Waals surface area contributed by atoms with Gasteiger partial charge in [0.15, 0.2) is 0 Å². The van der Waals surface area contributed by atoms with Crippen molar-refractivity contribution in [1.82, 2.24) is 5.32 Å². The number of amides is 2. The van der Waals surface area contributed by atoms with E-state index in [1.807, 2.05) is 12.3 Å². The molecular formula is C16H18N2O4S3. The van der Waals surface area contributed by atoms with Gasteiger partial charge in [-0.2, -0.15) is 0 Å². The van der Waals surface area contributed by atoms with Crippen molar-refractivity contribution in [2.24, 2.45) is 0 Å². The average molecular weight is 399 g/mol. The zero-order chi connectivity index (χ0) is 18.0. The molecule has 1 N–H and O–H groups in total. The highest BCUT2D eigenvalue weighted by atomic mass is 33.1. The molecule has 9 heteroatoms. The molecule has 1 fully saturated rings. The van der Waals surface area contributed by atoms with Gasteiger partial charge in [0, 0.05) is 17.2 Å². The van der Waals surface area contributed by atoms with E-state index < -0.39 is 6.04 Å². The van der Waals surface area contributed by atoms with Gasteiger partial charge in [0.2, 0.25) is 0 Å². The molecule has 2 aliphatic heterocycles. The molecule has 1 saturated heterocycles. The van der Waals surface area contributed by atoms with Gasteiger partial charge in [-0.15, -0.1) is 0 Å². The molecule has 0 aliphatic carbocycles. The van der Waals surface area contributed by atoms with Gasteiger partial charge in [-0.25, -0.2) is 0 Å². The van der Waals surface area contributed by atoms with E-state index in [0.29, 0.717) is 22.9 Å². The summed E-state index contributed by atoms with van der Waals surface area (Å²) in [4.78, 5) is 26.7. The minimum Gasteiger partial charge on any atom is -0.497 e. The van der Waals surface area contributed by atoms with E-state index in [2.05, 4.69) is 5.32 Å². The summed E-state index contributed by atoms with van der Waals surface area (Å²) in [7, 11) is 6.28. The lowest BCUT2D eigenvalue weighted by Crippen LogP contribution is -2.43. The van der Waals surface area contributed by atoms with Crippen molar-refractivity contribution in [1.29, 1.82) is 0 Å². The topological polar surface area (TPSA) is 67.9 Å². The number of nitrogens with zero attached hydrogens (tertiary/aromatic N) is 1. The highest BCUT2D eigenvalue weighted by molar-refractivity contribution is 8.78. The second-order valence-electron chi connectivity index (χ2n) is 5.21. The molecule has 134 valence electrons. The molecule has 2 atom stereocenters. The Labute approximate surface area is 158 Å². The molecule has 0 saturated carbocycles. The third-order valence-corrected chi connectivity index (χ3v) is 6.93. The average Bonchev–Trinajstić information content (AvgIpc) is 3.17. The molecule has 2 amide bonds. The van der Waals surface area contributed by atoms with Crippen molar-refractivity contribution in [3.8, 4) is 11.5 Å². The van der Waals surface area contributed by atoms with Crippen LogP contribution in [0.5, 0.6) is 11.5 Å². The van der Waals surface area contributed by atoms with Crippen LogP contribution in [0.3, 0.4) is 0 Å². The van der Waals surface area contributed by atoms with Gasteiger partial charge in [-0.1, -0.05) is 40.3 Å². The molecule has 1 aromatic rings. The molecule has 0 spiro atoms. The minimum atomic E-state index is -0.579. The minimum absolute atomic E-state index is 0.106. The van der Waals surface area contributed by atoms with Crippen LogP contribution in [0.4, 0.5) is 10.5 Å². The first kappa shape index (κ1) is 18.3. The Morgan fingerprint density at radius 2 is 2.16 bits per heavy atom. The van der Waals surface area contributed by atoms with E-state index in [4.69, 9.17) is 9.47 Å². The number of methoxy groups -OCH3 is 2. The standard InChI is InChI=1S/C16H18N2O4S3/c1-4-23-16(20)17-13-14-11(8-24-25-14)18(15(13)19)10-6-5-9(21-2)7-12(10)22-3/h5-8,13-14H,4H2,1-3H3,(H,17,20). The Morgan fingerprint density at radius 3 is 2.84 bits per heavy atom. The zero-order valence-electron chi connectivity index (χ0n) is 14.0. The van der Waals surface area contributed by atoms with Gasteiger partial charge in [-0.3, -0.25) is 14.5 Å². The van der Waals surface area contributed by atoms with Gasteiger partial charge < -0.3 is 14.8 Å². The lowest BCUT2D eigenvalue weighted by atomic mass is 10.2. The molecule has 3 rings (SSSR count). The van der Waals surface area contributed by atoms with Crippen LogP contribution in [0.25, 0.3) is 0 Å². The molecule has 25 heavy (non-hydrogen) atoms. The number of fused-ring (bicyclic) bond motifs is 1. The fraction of sp³-hybridized carbons (Fsp3) is 0.375. The van der Waals surface area contributed by atoms with Crippen molar-refractivity contribution >= 4 is 50.2 Å². The van der Waals surface area contributed by atoms with Crippen LogP contribution in [-0.4, -0.2) is 42.4 Å². The summed E-state index contributed by atoms with van der Waals surface area (Å²) in [5.41, 5.74) is 1.52. The fourth-order valence-corrected chi connectivity index (χ4v) is 5.82. The first-order chi connectivity index (χ1) is 12.1. The van der Waals surface area contributed by atoms with Gasteiger partial charge in [0.05, 0.1) is 25.2 Å². The van der Waals surface area contributed by atoms with Crippen molar-refractivity contribution in [2.75, 3.05) is 24.9 Å². The number of hydrogen-bond donors (Lipinski definition) is 1. The Kier molecular flexibility index (Phi) is 5.75. The van der Waals surface area contributed by atoms with Crippen molar-refractivity contribution in [2.45, 2.75) is 18.2 Å². The van der Waals surface area contributed by atoms with E-state index in [-0.39, 0.29) is 16.4 Å². The fourth-order valence-electron chi connectivity index (χ4n) is 2.72. The number of carbonyl (C=O) groups excluding carboxylic acids is 2. The van der Waals surface area contributed by atoms with Crippen LogP contribution in [0.1, 0.15) is 6.92 Å². The van der Waals surface area contributed by atoms with Crippen LogP contribution in [-0.2, 0) is 4.79 Å². The van der Waals surface area contributed by atoms with E-state index in [1.54, 1.807) is 58.9 Å². The number of benzene rings is 1. The molecule has 0 aromatic heterocycles. The van der Waals surface area contributed by atoms with Crippen molar-refractivity contribution < 1.29 is 19.1 Å². The molecule has 0 radical (unpaired) electrons. The largest absolute Gasteiger partial charge is 0.497 e. The highest BCUT2D eigenvalue weighted by Crippen LogP contribution is 2.50. The summed E-state index contributed by atoms with van der Waals surface area (Å²) in [5.74, 6) is 1.71. The van der Waals surface area contributed by atoms with E-state index in [1.165, 1.54) is 11.8 Å². The normalized spacial score (nSPS) is 21.8. The summed E-state index contributed by atoms with van der Waals surface area (Å²) in [5, 5.41) is 4.52. The second kappa shape index (κ2) is 7.84. The predicted molar refractivity (Wildman–Crippen MR) is 105 cm³/mol. The maximum absolute atomic E-state index is 13.0. The summed E-state index contributed by atoms with van der Waals surface area (Å²) < 4.78 is 10.7. The number of thioether (sulfide) groups is 1. The Morgan fingerprint density at radius 1 is 1.36 bits per heavy atom. The number of hydrogen-bond acceptors (Lipinski definition) is 7. The molecular weight excluding hydrogens is 380 g/mol. The van der Waals surface area contributed by atoms with Crippen LogP contribution in [0, 0.1) is 0 Å². The van der Waals surface area contributed by atoms with Crippen LogP contribution >= 0.6 is 33.3 Å². The first-order valence-electron chi connectivity index (χ1n) is 7.62. The number of ether oxygens (including phenoxy) is 2. The van der Waals surface area contributed by atoms with E-state index in [9.17, 15) is 9.59 Å². The van der Waals surface area contributed by atoms with E-state index >= 15 is 0 Å². The molecule has 6 nitrogen and oxygen atoms in total. The van der Waals surface area contributed by atoms with Gasteiger partial charge in [0.25, 0.3) is 11.1 Å². The molecule has 2 aliphatic rings. The smallest absolute Gasteiger partial charge is 0.279 e. The molecule has 2 unspecified atom stereocenters. The van der Waals surface area contributed by atoms with Crippen molar-refractivity contribution in [3.63, 3.8) is 0 Å². The Bertz CT molecular complexity index is 725. The van der Waals surface area contributed by atoms with Gasteiger partial charge in [-0.05, 0) is 17.9 Å². The Hall–Kier alpha value is -1.45. The molecule has 0 bridgehead atoms. The second-order valence-corrected chi connectivity index (χ2v) is 8.73. The third-order valence-electron chi connectivity index (χ3n) is 3.84. The lowest BCUT2D eigenvalue weighted by molar-refractivity contribution is -0.118. The predicted octanol–water partition coefficient (Wildman–Crippen LogP) is 3.49. The van der Waals surface area contributed by atoms with Crippen LogP contribution in [0.15, 0.2) is 29.3 Å². The summed E-state index contributed by atoms with van der Waals surface area (Å²) in [6.07, 6.45) is 0. The Balaban J connectivity index is 1.94. The zero-order valence-corrected chi connectivity index (χ0v) is 16.4. The third kappa shape index (κ3) is 3.45. The summed E-state index contributed by atoms with van der Waals surface area (Å²) in [6, 6.07) is 4.75. The maximum atomic E-state index is 13.0. The lowest BCUT2D eigenvalue weighted by Gasteiger charge is -2.21. The number of rotatable bonds is 5. The molecule has 2 heterocycles. The molecule has 1 aromatic carbocycles. The maximum Gasteiger partial charge on any atom is 0.279 e. The SMILES string of the molecule is CCSC(=O)NC1C(=O)N(c2ccc(OC)cc2OC)C2=CSSC21. The highest BCUT2D eigenvalue weighted by Gasteiger charge is 2.49. The van der Waals surface area contributed by atoms with Gasteiger partial charge >= 0.3 is 0 Å². The van der Waals surface area contributed by atoms with Crippen molar-refractivity contribution in [3.05, 3.63) is 29.3 Å². The number of carbonyl (C=O) groups is 2. The quantitative estimate of drug-likeness (QED) is 0.762. The number of nitrogens with one attached hydrogen (secondary N) is 1. The monoisotopic (exact) mass is 398 g/mol. The van der Waals surface area contributed by atoms with Gasteiger partial charge in [0.1, 0.15) is 17.5 Å². The number of anilines is 1. The van der Waals surface area contributed by atoms with Crippen LogP contribution in [0.2, 0.25) is 0 Å². The van der Waals surface area contributed by atoms with Crippen LogP contribution < -0.4 is 19.7 Å². The summed E-state index contributed by atoms with van der Waals surface area (Å²) >= 11 is 1.17. The summed E-state index contributed by atoms with van der Waals surface area (Å²) in [6.45, 7) is 1.90.